The molecule has 1 amide bonds. The zero-order valence-electron chi connectivity index (χ0n) is 15.8. The molecule has 4 nitrogen and oxygen atoms in total. The van der Waals surface area contributed by atoms with Crippen LogP contribution in [0.5, 0.6) is 0 Å². The molecule has 146 valence electrons. The fourth-order valence-electron chi connectivity index (χ4n) is 4.03. The zero-order valence-corrected chi connectivity index (χ0v) is 17.3. The van der Waals surface area contributed by atoms with Crippen molar-refractivity contribution in [3.05, 3.63) is 64.9 Å². The van der Waals surface area contributed by atoms with Gasteiger partial charge in [0.05, 0.1) is 22.3 Å². The Morgan fingerprint density at radius 3 is 2.52 bits per heavy atom. The molecule has 1 aliphatic rings. The summed E-state index contributed by atoms with van der Waals surface area (Å²) < 4.78 is 0. The quantitative estimate of drug-likeness (QED) is 0.777. The van der Waals surface area contributed by atoms with Crippen LogP contribution in [0.25, 0.3) is 0 Å². The van der Waals surface area contributed by atoms with Crippen LogP contribution in [0.2, 0.25) is 5.02 Å². The van der Waals surface area contributed by atoms with E-state index < -0.39 is 0 Å². The average molecular weight is 408 g/mol. The Morgan fingerprint density at radius 1 is 1.15 bits per heavy atom. The normalized spacial score (nSPS) is 20.6. The maximum absolute atomic E-state index is 12.8. The Kier molecular flexibility index (Phi) is 8.08. The average Bonchev–Trinajstić information content (AvgIpc) is 2.64. The van der Waals surface area contributed by atoms with Gasteiger partial charge in [0.1, 0.15) is 0 Å². The molecule has 1 aromatic heterocycles. The molecule has 6 heteroatoms. The molecule has 1 aliphatic carbocycles. The summed E-state index contributed by atoms with van der Waals surface area (Å²) in [4.78, 5) is 19.6. The first-order valence-corrected chi connectivity index (χ1v) is 9.58. The molecule has 1 heterocycles. The molecule has 3 rings (SSSR count). The second-order valence-electron chi connectivity index (χ2n) is 7.17. The zero-order chi connectivity index (χ0) is 18.5. The predicted molar refractivity (Wildman–Crippen MR) is 113 cm³/mol. The van der Waals surface area contributed by atoms with Crippen LogP contribution in [0.1, 0.15) is 47.8 Å². The minimum Gasteiger partial charge on any atom is -0.349 e. The van der Waals surface area contributed by atoms with Gasteiger partial charge in [-0.25, -0.2) is 0 Å². The molecule has 0 aliphatic heterocycles. The van der Waals surface area contributed by atoms with E-state index in [2.05, 4.69) is 35.4 Å². The van der Waals surface area contributed by atoms with E-state index in [1.54, 1.807) is 12.1 Å². The van der Waals surface area contributed by atoms with Gasteiger partial charge < -0.3 is 10.2 Å². The van der Waals surface area contributed by atoms with Crippen molar-refractivity contribution in [1.82, 2.24) is 15.2 Å². The minimum absolute atomic E-state index is 0. The van der Waals surface area contributed by atoms with Gasteiger partial charge in [0.2, 0.25) is 0 Å². The van der Waals surface area contributed by atoms with E-state index in [0.29, 0.717) is 16.5 Å². The molecule has 3 unspecified atom stereocenters. The van der Waals surface area contributed by atoms with E-state index in [9.17, 15) is 4.79 Å². The largest absolute Gasteiger partial charge is 0.349 e. The monoisotopic (exact) mass is 407 g/mol. The van der Waals surface area contributed by atoms with Crippen molar-refractivity contribution in [2.45, 2.75) is 37.8 Å². The third kappa shape index (κ3) is 5.22. The maximum atomic E-state index is 12.8. The van der Waals surface area contributed by atoms with Gasteiger partial charge in [-0.3, -0.25) is 9.78 Å². The van der Waals surface area contributed by atoms with E-state index in [0.717, 1.165) is 25.0 Å². The van der Waals surface area contributed by atoms with Gasteiger partial charge in [-0.2, -0.15) is 0 Å². The smallest absolute Gasteiger partial charge is 0.253 e. The Morgan fingerprint density at radius 2 is 1.85 bits per heavy atom. The van der Waals surface area contributed by atoms with Crippen LogP contribution in [-0.4, -0.2) is 35.9 Å². The summed E-state index contributed by atoms with van der Waals surface area (Å²) in [6, 6.07) is 13.5. The van der Waals surface area contributed by atoms with Gasteiger partial charge in [0, 0.05) is 18.2 Å². The van der Waals surface area contributed by atoms with Crippen molar-refractivity contribution in [3.63, 3.8) is 0 Å². The lowest BCUT2D eigenvalue weighted by atomic mass is 9.78. The number of amides is 1. The second kappa shape index (κ2) is 10.1. The van der Waals surface area contributed by atoms with Gasteiger partial charge in [0.15, 0.2) is 0 Å². The van der Waals surface area contributed by atoms with Crippen molar-refractivity contribution in [3.8, 4) is 0 Å². The number of benzene rings is 1. The Balaban J connectivity index is 0.00000261. The molecule has 1 fully saturated rings. The van der Waals surface area contributed by atoms with Gasteiger partial charge in [-0.1, -0.05) is 42.6 Å². The third-order valence-electron chi connectivity index (χ3n) is 5.21. The Labute approximate surface area is 172 Å². The van der Waals surface area contributed by atoms with E-state index in [1.807, 2.05) is 30.5 Å². The fraction of sp³-hybridized carbons (Fsp3) is 0.429. The number of aromatic nitrogens is 1. The topological polar surface area (TPSA) is 45.2 Å². The van der Waals surface area contributed by atoms with Gasteiger partial charge in [-0.15, -0.1) is 12.4 Å². The summed E-state index contributed by atoms with van der Waals surface area (Å²) in [6.45, 7) is 0. The fourth-order valence-corrected chi connectivity index (χ4v) is 4.25. The van der Waals surface area contributed by atoms with Gasteiger partial charge >= 0.3 is 0 Å². The summed E-state index contributed by atoms with van der Waals surface area (Å²) in [7, 11) is 4.17. The van der Waals surface area contributed by atoms with E-state index in [1.165, 1.54) is 6.42 Å². The first kappa shape index (κ1) is 21.7. The molecule has 1 aromatic carbocycles. The predicted octanol–water partition coefficient (Wildman–Crippen LogP) is 4.75. The number of carbonyl (C=O) groups excluding carboxylic acids is 1. The van der Waals surface area contributed by atoms with Crippen LogP contribution >= 0.6 is 24.0 Å². The van der Waals surface area contributed by atoms with E-state index >= 15 is 0 Å². The van der Waals surface area contributed by atoms with Crippen LogP contribution in [0.3, 0.4) is 0 Å². The molecular weight excluding hydrogens is 381 g/mol. The van der Waals surface area contributed by atoms with Crippen LogP contribution in [-0.2, 0) is 0 Å². The summed E-state index contributed by atoms with van der Waals surface area (Å²) in [5.74, 6) is 0.228. The number of nitrogens with zero attached hydrogens (tertiary/aromatic N) is 2. The lowest BCUT2D eigenvalue weighted by Gasteiger charge is -2.40. The summed E-state index contributed by atoms with van der Waals surface area (Å²) >= 11 is 6.20. The Bertz CT molecular complexity index is 739. The number of rotatable bonds is 5. The van der Waals surface area contributed by atoms with Crippen molar-refractivity contribution in [2.75, 3.05) is 14.1 Å². The molecule has 0 spiro atoms. The SMILES string of the molecule is CN(C)C(c1ccccn1)C1CCCCC1NC(=O)c1ccccc1Cl.Cl. The van der Waals surface area contributed by atoms with Gasteiger partial charge in [0.25, 0.3) is 5.91 Å². The maximum Gasteiger partial charge on any atom is 0.253 e. The van der Waals surface area contributed by atoms with E-state index in [4.69, 9.17) is 11.6 Å². The summed E-state index contributed by atoms with van der Waals surface area (Å²) in [6.07, 6.45) is 6.21. The first-order chi connectivity index (χ1) is 12.6. The number of pyridine rings is 1. The van der Waals surface area contributed by atoms with Crippen molar-refractivity contribution < 1.29 is 4.79 Å². The van der Waals surface area contributed by atoms with Crippen molar-refractivity contribution >= 4 is 29.9 Å². The lowest BCUT2D eigenvalue weighted by molar-refractivity contribution is 0.0841. The minimum atomic E-state index is -0.0916. The number of carbonyl (C=O) groups is 1. The number of halogens is 2. The van der Waals surface area contributed by atoms with Crippen molar-refractivity contribution in [1.29, 1.82) is 0 Å². The Hall–Kier alpha value is -1.62. The van der Waals surface area contributed by atoms with Gasteiger partial charge in [-0.05, 0) is 51.2 Å². The molecule has 2 aromatic rings. The highest BCUT2D eigenvalue weighted by atomic mass is 35.5. The molecule has 0 radical (unpaired) electrons. The molecule has 1 N–H and O–H groups in total. The number of hydrogen-bond acceptors (Lipinski definition) is 3. The van der Waals surface area contributed by atoms with Crippen LogP contribution in [0, 0.1) is 5.92 Å². The molecule has 1 saturated carbocycles. The lowest BCUT2D eigenvalue weighted by Crippen LogP contribution is -2.47. The molecular formula is C21H27Cl2N3O. The molecule has 0 saturated heterocycles. The highest BCUT2D eigenvalue weighted by Gasteiger charge is 2.35. The van der Waals surface area contributed by atoms with Crippen molar-refractivity contribution in [2.24, 2.45) is 5.92 Å². The summed E-state index contributed by atoms with van der Waals surface area (Å²) in [5, 5.41) is 3.75. The highest BCUT2D eigenvalue weighted by molar-refractivity contribution is 6.33. The molecule has 0 bridgehead atoms. The van der Waals surface area contributed by atoms with Crippen LogP contribution < -0.4 is 5.32 Å². The third-order valence-corrected chi connectivity index (χ3v) is 5.54. The highest BCUT2D eigenvalue weighted by Crippen LogP contribution is 2.37. The number of hydrogen-bond donors (Lipinski definition) is 1. The number of nitrogens with one attached hydrogen (secondary N) is 1. The molecule has 27 heavy (non-hydrogen) atoms. The second-order valence-corrected chi connectivity index (χ2v) is 7.58. The van der Waals surface area contributed by atoms with Crippen LogP contribution in [0.4, 0.5) is 0 Å². The first-order valence-electron chi connectivity index (χ1n) is 9.20. The molecule has 3 atom stereocenters. The van der Waals surface area contributed by atoms with E-state index in [-0.39, 0.29) is 30.4 Å². The standard InChI is InChI=1S/C21H26ClN3O.ClH/c1-25(2)20(19-13-7-8-14-23-19)16-10-4-6-12-18(16)24-21(26)15-9-3-5-11-17(15)22;/h3,5,7-9,11,13-14,16,18,20H,4,6,10,12H2,1-2H3,(H,24,26);1H. The summed E-state index contributed by atoms with van der Waals surface area (Å²) in [5.41, 5.74) is 1.60. The van der Waals surface area contributed by atoms with Crippen LogP contribution in [0.15, 0.2) is 48.7 Å².